The summed E-state index contributed by atoms with van der Waals surface area (Å²) in [5.74, 6) is 0.215. The third-order valence-electron chi connectivity index (χ3n) is 2.89. The van der Waals surface area contributed by atoms with Crippen molar-refractivity contribution in [3.05, 3.63) is 41.6 Å². The molecule has 0 unspecified atom stereocenters. The molecule has 1 heterocycles. The number of nitrogens with zero attached hydrogens (tertiary/aromatic N) is 1. The molecular formula is C14H15FN2O2. The molecule has 100 valence electrons. The van der Waals surface area contributed by atoms with Gasteiger partial charge in [0.1, 0.15) is 11.6 Å². The fraction of sp³-hybridized carbons (Fsp3) is 0.286. The molecule has 0 spiro atoms. The van der Waals surface area contributed by atoms with Crippen LogP contribution in [0, 0.1) is 12.7 Å². The first-order valence-corrected chi connectivity index (χ1v) is 5.97. The summed E-state index contributed by atoms with van der Waals surface area (Å²) in [5, 5.41) is 0. The van der Waals surface area contributed by atoms with E-state index in [1.165, 1.54) is 13.2 Å². The summed E-state index contributed by atoms with van der Waals surface area (Å²) < 4.78 is 17.8. The number of imidazole rings is 1. The van der Waals surface area contributed by atoms with E-state index >= 15 is 0 Å². The van der Waals surface area contributed by atoms with Crippen molar-refractivity contribution >= 4 is 5.97 Å². The van der Waals surface area contributed by atoms with Crippen LogP contribution in [0.2, 0.25) is 0 Å². The normalized spacial score (nSPS) is 10.5. The van der Waals surface area contributed by atoms with E-state index in [4.69, 9.17) is 0 Å². The number of aryl methyl sites for hydroxylation is 2. The molecule has 2 rings (SSSR count). The van der Waals surface area contributed by atoms with Crippen LogP contribution in [-0.4, -0.2) is 23.0 Å². The van der Waals surface area contributed by atoms with Crippen LogP contribution in [0.5, 0.6) is 0 Å². The van der Waals surface area contributed by atoms with E-state index in [1.807, 2.05) is 0 Å². The largest absolute Gasteiger partial charge is 0.469 e. The van der Waals surface area contributed by atoms with Crippen molar-refractivity contribution in [2.45, 2.75) is 19.8 Å². The predicted molar refractivity (Wildman–Crippen MR) is 69.1 cm³/mol. The number of carbonyl (C=O) groups is 1. The SMILES string of the molecule is COC(=O)CCc1ncc(-c2ccc(F)c(C)c2)[nH]1. The Hall–Kier alpha value is -2.17. The average Bonchev–Trinajstić information content (AvgIpc) is 2.88. The van der Waals surface area contributed by atoms with E-state index in [-0.39, 0.29) is 18.2 Å². The van der Waals surface area contributed by atoms with Gasteiger partial charge in [0.15, 0.2) is 0 Å². The highest BCUT2D eigenvalue weighted by Gasteiger charge is 2.07. The Morgan fingerprint density at radius 1 is 1.47 bits per heavy atom. The summed E-state index contributed by atoms with van der Waals surface area (Å²) in [5.41, 5.74) is 2.27. The summed E-state index contributed by atoms with van der Waals surface area (Å²) in [6.07, 6.45) is 2.46. The number of esters is 1. The van der Waals surface area contributed by atoms with Gasteiger partial charge in [-0.1, -0.05) is 0 Å². The fourth-order valence-electron chi connectivity index (χ4n) is 1.77. The Bertz CT molecular complexity index is 593. The first-order chi connectivity index (χ1) is 9.10. The lowest BCUT2D eigenvalue weighted by Crippen LogP contribution is -2.02. The lowest BCUT2D eigenvalue weighted by molar-refractivity contribution is -0.140. The number of hydrogen-bond donors (Lipinski definition) is 1. The van der Waals surface area contributed by atoms with Crippen molar-refractivity contribution in [3.63, 3.8) is 0 Å². The first kappa shape index (κ1) is 13.3. The molecule has 4 nitrogen and oxygen atoms in total. The van der Waals surface area contributed by atoms with E-state index in [0.29, 0.717) is 17.8 Å². The minimum Gasteiger partial charge on any atom is -0.469 e. The van der Waals surface area contributed by atoms with Crippen LogP contribution in [0.1, 0.15) is 17.8 Å². The molecular weight excluding hydrogens is 247 g/mol. The van der Waals surface area contributed by atoms with Gasteiger partial charge < -0.3 is 9.72 Å². The lowest BCUT2D eigenvalue weighted by atomic mass is 10.1. The predicted octanol–water partition coefficient (Wildman–Crippen LogP) is 2.63. The molecule has 0 aliphatic carbocycles. The number of H-pyrrole nitrogens is 1. The zero-order valence-electron chi connectivity index (χ0n) is 10.9. The monoisotopic (exact) mass is 262 g/mol. The molecule has 0 amide bonds. The zero-order valence-corrected chi connectivity index (χ0v) is 10.9. The Balaban J connectivity index is 2.12. The second kappa shape index (κ2) is 5.65. The number of nitrogens with one attached hydrogen (secondary N) is 1. The number of benzene rings is 1. The summed E-state index contributed by atoms with van der Waals surface area (Å²) >= 11 is 0. The van der Waals surface area contributed by atoms with Crippen LogP contribution < -0.4 is 0 Å². The van der Waals surface area contributed by atoms with Crippen LogP contribution in [0.3, 0.4) is 0 Å². The van der Waals surface area contributed by atoms with Crippen LogP contribution in [0.15, 0.2) is 24.4 Å². The van der Waals surface area contributed by atoms with Crippen LogP contribution in [-0.2, 0) is 16.0 Å². The Kier molecular flexibility index (Phi) is 3.94. The maximum atomic E-state index is 13.2. The molecule has 0 aliphatic rings. The van der Waals surface area contributed by atoms with Crippen molar-refractivity contribution in [2.24, 2.45) is 0 Å². The topological polar surface area (TPSA) is 55.0 Å². The molecule has 0 bridgehead atoms. The molecule has 19 heavy (non-hydrogen) atoms. The molecule has 0 saturated carbocycles. The maximum Gasteiger partial charge on any atom is 0.305 e. The van der Waals surface area contributed by atoms with Crippen molar-refractivity contribution < 1.29 is 13.9 Å². The third-order valence-corrected chi connectivity index (χ3v) is 2.89. The van der Waals surface area contributed by atoms with Crippen LogP contribution >= 0.6 is 0 Å². The summed E-state index contributed by atoms with van der Waals surface area (Å²) in [6, 6.07) is 4.88. The highest BCUT2D eigenvalue weighted by Crippen LogP contribution is 2.20. The molecule has 1 N–H and O–H groups in total. The van der Waals surface area contributed by atoms with Gasteiger partial charge >= 0.3 is 5.97 Å². The molecule has 0 radical (unpaired) electrons. The zero-order chi connectivity index (χ0) is 13.8. The van der Waals surface area contributed by atoms with Crippen molar-refractivity contribution in [1.29, 1.82) is 0 Å². The molecule has 0 saturated heterocycles. The minimum atomic E-state index is -0.268. The molecule has 5 heteroatoms. The van der Waals surface area contributed by atoms with Gasteiger partial charge in [0.25, 0.3) is 0 Å². The highest BCUT2D eigenvalue weighted by atomic mass is 19.1. The maximum absolute atomic E-state index is 13.2. The first-order valence-electron chi connectivity index (χ1n) is 5.97. The van der Waals surface area contributed by atoms with Gasteiger partial charge in [0.05, 0.1) is 25.4 Å². The Morgan fingerprint density at radius 3 is 2.95 bits per heavy atom. The number of rotatable bonds is 4. The number of hydrogen-bond acceptors (Lipinski definition) is 3. The van der Waals surface area contributed by atoms with Crippen molar-refractivity contribution in [1.82, 2.24) is 9.97 Å². The molecule has 2 aromatic rings. The number of ether oxygens (including phenoxy) is 1. The molecule has 1 aromatic heterocycles. The number of carbonyl (C=O) groups excluding carboxylic acids is 1. The average molecular weight is 262 g/mol. The van der Waals surface area contributed by atoms with E-state index in [2.05, 4.69) is 14.7 Å². The summed E-state index contributed by atoms with van der Waals surface area (Å²) in [7, 11) is 1.36. The summed E-state index contributed by atoms with van der Waals surface area (Å²) in [4.78, 5) is 18.3. The molecule has 1 aromatic carbocycles. The van der Waals surface area contributed by atoms with Gasteiger partial charge in [-0.25, -0.2) is 9.37 Å². The van der Waals surface area contributed by atoms with Gasteiger partial charge in [-0.05, 0) is 30.7 Å². The molecule has 0 fully saturated rings. The number of methoxy groups -OCH3 is 1. The van der Waals surface area contributed by atoms with Crippen molar-refractivity contribution in [2.75, 3.05) is 7.11 Å². The van der Waals surface area contributed by atoms with Crippen molar-refractivity contribution in [3.8, 4) is 11.3 Å². The quantitative estimate of drug-likeness (QED) is 0.862. The number of halogens is 1. The second-order valence-corrected chi connectivity index (χ2v) is 4.28. The van der Waals surface area contributed by atoms with Crippen LogP contribution in [0.4, 0.5) is 4.39 Å². The molecule has 0 aliphatic heterocycles. The standard InChI is InChI=1S/C14H15FN2O2/c1-9-7-10(3-4-11(9)15)12-8-16-13(17-12)5-6-14(18)19-2/h3-4,7-8H,5-6H2,1-2H3,(H,16,17). The summed E-state index contributed by atoms with van der Waals surface area (Å²) in [6.45, 7) is 1.72. The third kappa shape index (κ3) is 3.19. The van der Waals surface area contributed by atoms with Gasteiger partial charge in [-0.2, -0.15) is 0 Å². The van der Waals surface area contributed by atoms with E-state index in [0.717, 1.165) is 11.3 Å². The highest BCUT2D eigenvalue weighted by molar-refractivity contribution is 5.69. The number of aromatic nitrogens is 2. The Morgan fingerprint density at radius 2 is 2.26 bits per heavy atom. The minimum absolute atomic E-state index is 0.228. The lowest BCUT2D eigenvalue weighted by Gasteiger charge is -2.01. The Labute approximate surface area is 110 Å². The van der Waals surface area contributed by atoms with E-state index < -0.39 is 0 Å². The van der Waals surface area contributed by atoms with E-state index in [9.17, 15) is 9.18 Å². The number of aromatic amines is 1. The van der Waals surface area contributed by atoms with Gasteiger partial charge in [0, 0.05) is 12.0 Å². The van der Waals surface area contributed by atoms with Crippen LogP contribution in [0.25, 0.3) is 11.3 Å². The van der Waals surface area contributed by atoms with Gasteiger partial charge in [-0.3, -0.25) is 4.79 Å². The van der Waals surface area contributed by atoms with Gasteiger partial charge in [-0.15, -0.1) is 0 Å². The second-order valence-electron chi connectivity index (χ2n) is 4.28. The smallest absolute Gasteiger partial charge is 0.305 e. The van der Waals surface area contributed by atoms with E-state index in [1.54, 1.807) is 25.3 Å². The van der Waals surface area contributed by atoms with Gasteiger partial charge in [0.2, 0.25) is 0 Å². The molecule has 0 atom stereocenters. The fourth-order valence-corrected chi connectivity index (χ4v) is 1.77.